The van der Waals surface area contributed by atoms with Crippen molar-refractivity contribution in [1.82, 2.24) is 59.6 Å². The molecule has 2 radical (unpaired) electrons. The average molecular weight is 1880 g/mol. The second kappa shape index (κ2) is 35.3. The normalized spacial score (nSPS) is 16.7. The molecule has 0 saturated carbocycles. The van der Waals surface area contributed by atoms with Gasteiger partial charge in [0.25, 0.3) is 0 Å². The van der Waals surface area contributed by atoms with Crippen molar-refractivity contribution < 1.29 is 40.2 Å². The Morgan fingerprint density at radius 2 is 0.733 bits per heavy atom. The first kappa shape index (κ1) is 78.4. The van der Waals surface area contributed by atoms with Gasteiger partial charge in [-0.15, -0.1) is 36.1 Å². The molecule has 23 rings (SSSR count). The van der Waals surface area contributed by atoms with Crippen molar-refractivity contribution in [3.8, 4) is 0 Å². The second-order valence-electron chi connectivity index (χ2n) is 28.1. The van der Waals surface area contributed by atoms with Crippen molar-refractivity contribution in [3.05, 3.63) is 355 Å². The zero-order chi connectivity index (χ0) is 77.6. The third-order valence-corrected chi connectivity index (χ3v) is 20.6. The smallest absolute Gasteiger partial charge is 0.161 e. The van der Waals surface area contributed by atoms with Gasteiger partial charge in [0.1, 0.15) is 77.8 Å². The predicted molar refractivity (Wildman–Crippen MR) is 451 cm³/mol. The fourth-order valence-corrected chi connectivity index (χ4v) is 15.4. The van der Waals surface area contributed by atoms with E-state index in [1.807, 2.05) is 258 Å². The van der Waals surface area contributed by atoms with Gasteiger partial charge in [-0.1, -0.05) is 72.8 Å². The number of hydrogen-bond donors (Lipinski definition) is 0. The van der Waals surface area contributed by atoms with Gasteiger partial charge in [-0.2, -0.15) is 135 Å². The quantitative estimate of drug-likeness (QED) is 0.144. The summed E-state index contributed by atoms with van der Waals surface area (Å²) in [6.45, 7) is 12.4. The third kappa shape index (κ3) is 15.8. The van der Waals surface area contributed by atoms with E-state index < -0.39 is 0 Å². The van der Waals surface area contributed by atoms with Gasteiger partial charge in [0.05, 0.1) is 18.6 Å². The Balaban J connectivity index is 0.000000107. The molecular formula is C90H82Ir2N24-8. The number of benzene rings is 8. The number of nitrogens with zero attached hydrogens (tertiary/aromatic N) is 24. The van der Waals surface area contributed by atoms with Gasteiger partial charge in [0, 0.05) is 127 Å². The average Bonchev–Trinajstić information content (AvgIpc) is 1.49. The second-order valence-corrected chi connectivity index (χ2v) is 28.1. The first-order valence-electron chi connectivity index (χ1n) is 37.7. The molecule has 24 nitrogen and oxygen atoms in total. The van der Waals surface area contributed by atoms with Crippen molar-refractivity contribution in [3.63, 3.8) is 0 Å². The van der Waals surface area contributed by atoms with Crippen LogP contribution in [0.4, 0.5) is 103 Å². The van der Waals surface area contributed by atoms with Gasteiger partial charge in [-0.05, 0) is 107 Å². The molecular weight excluding hydrogens is 1800 g/mol. The number of likely N-dealkylation sites (N-methyl/N-ethyl adjacent to an activating group) is 2. The summed E-state index contributed by atoms with van der Waals surface area (Å²) in [5.74, 6) is 6.44. The van der Waals surface area contributed by atoms with E-state index >= 15 is 0 Å². The summed E-state index contributed by atoms with van der Waals surface area (Å²) in [7, 11) is 10.2. The van der Waals surface area contributed by atoms with Crippen LogP contribution < -0.4 is 58.8 Å². The Hall–Kier alpha value is -12.9. The van der Waals surface area contributed by atoms with Crippen molar-refractivity contribution in [2.75, 3.05) is 94.0 Å². The van der Waals surface area contributed by atoms with E-state index in [2.05, 4.69) is 204 Å². The molecule has 13 aromatic rings. The van der Waals surface area contributed by atoms with Crippen LogP contribution in [-0.4, -0.2) is 119 Å². The van der Waals surface area contributed by atoms with Crippen LogP contribution >= 0.6 is 0 Å². The monoisotopic (exact) mass is 1880 g/mol. The molecule has 0 fully saturated rings. The molecule has 116 heavy (non-hydrogen) atoms. The molecule has 5 aromatic heterocycles. The summed E-state index contributed by atoms with van der Waals surface area (Å²) in [4.78, 5) is 73.2. The maximum absolute atomic E-state index is 4.49. The van der Waals surface area contributed by atoms with Gasteiger partial charge in [-0.25, -0.2) is 49.8 Å². The minimum Gasteiger partial charge on any atom is -0.510 e. The Morgan fingerprint density at radius 3 is 1.22 bits per heavy atom. The van der Waals surface area contributed by atoms with Crippen LogP contribution in [0.1, 0.15) is 30.5 Å². The van der Waals surface area contributed by atoms with Crippen LogP contribution in [0.5, 0.6) is 0 Å². The molecule has 0 spiro atoms. The van der Waals surface area contributed by atoms with Gasteiger partial charge in [0.2, 0.25) is 0 Å². The molecule has 0 N–H and O–H groups in total. The molecule has 588 valence electrons. The van der Waals surface area contributed by atoms with Gasteiger partial charge < -0.3 is 68.6 Å². The maximum atomic E-state index is 4.49. The zero-order valence-electron chi connectivity index (χ0n) is 64.8. The van der Waals surface area contributed by atoms with E-state index in [-0.39, 0.29) is 40.2 Å². The van der Waals surface area contributed by atoms with Crippen LogP contribution in [0.25, 0.3) is 0 Å². The van der Waals surface area contributed by atoms with Crippen LogP contribution in [0.2, 0.25) is 0 Å². The first-order valence-corrected chi connectivity index (χ1v) is 37.7. The van der Waals surface area contributed by atoms with E-state index in [1.54, 1.807) is 43.8 Å². The van der Waals surface area contributed by atoms with Gasteiger partial charge in [-0.3, -0.25) is 0 Å². The van der Waals surface area contributed by atoms with Gasteiger partial charge >= 0.3 is 0 Å². The maximum Gasteiger partial charge on any atom is 0.161 e. The largest absolute Gasteiger partial charge is 0.510 e. The van der Waals surface area contributed by atoms with E-state index in [9.17, 15) is 0 Å². The molecule has 8 aromatic carbocycles. The number of fused-ring (bicyclic) bond motifs is 17. The molecule has 10 aliphatic rings. The Kier molecular flexibility index (Phi) is 23.8. The molecule has 15 heterocycles. The third-order valence-electron chi connectivity index (χ3n) is 20.6. The van der Waals surface area contributed by atoms with E-state index in [4.69, 9.17) is 0 Å². The van der Waals surface area contributed by atoms with Crippen molar-refractivity contribution in [2.45, 2.75) is 57.6 Å². The molecule has 3 unspecified atom stereocenters. The van der Waals surface area contributed by atoms with Crippen LogP contribution in [0.3, 0.4) is 0 Å². The molecule has 0 aliphatic carbocycles. The summed E-state index contributed by atoms with van der Waals surface area (Å²) >= 11 is 0. The predicted octanol–water partition coefficient (Wildman–Crippen LogP) is 15.9. The summed E-state index contributed by atoms with van der Waals surface area (Å²) in [5, 5.41) is 0. The summed E-state index contributed by atoms with van der Waals surface area (Å²) in [6.07, 6.45) is 29.6. The molecule has 0 saturated heterocycles. The molecule has 10 aliphatic heterocycles. The fraction of sp³-hybridized carbons (Fsp3) is 0.156. The topological polar surface area (TPSA) is 174 Å². The van der Waals surface area contributed by atoms with E-state index in [0.717, 1.165) is 105 Å². The van der Waals surface area contributed by atoms with E-state index in [1.165, 1.54) is 33.8 Å². The molecule has 0 amide bonds. The number of anilines is 18. The molecule has 26 heteroatoms. The number of para-hydroxylation sites is 8. The van der Waals surface area contributed by atoms with Crippen molar-refractivity contribution in [1.29, 1.82) is 0 Å². The van der Waals surface area contributed by atoms with Crippen molar-refractivity contribution >= 4 is 103 Å². The standard InChI is InChI=1S/C17H12N4.C15H16N4.2C13H12N4.C12H10N4.2C10H10N2.2Ir/c1-3-7-14(8-4-1)20-13-21(15-9-5-2-6-10-15)17-16(20)18-11-12-19-17;1-10(2)18-14-7-11-5-3-4-6-12(11)19(14)13-8-16-9-17-15(13)18;1-16-12-6-9-4-2-3-5-10(9)17(12)11-7-14-8-15-13(11)16;1-16-11-7-14-8-15-13(11)17-10-5-3-2-4-9(10)6-12(16)17;1-15-9-16(10-5-3-2-4-6-10)12-11(15)13-7-8-14-12;2*1-11-7-8-12(9-11)10-5-3-2-4-6-10;;/h1-9,11-13H;3-6,8-10,14H,7H2,1-2H3;2*2-5,7-8,12H,6H2,1H3;2-5,7-9H,1H3;2*2-5,7-9H,1H3;;/q-2;;;;3*-2;;. The molecule has 3 atom stereocenters. The fourth-order valence-electron chi connectivity index (χ4n) is 15.4. The molecule has 0 bridgehead atoms. The SMILES string of the molecule is CC(C)N1c2ncncc2N2c3ccccc3CC21.CN1C=CN(c2[c-]cccc2)[CH-]1.CN1C=CN(c2[c-]cccc2)[CH-]1.CN1[CH-]N(c2[c-]cccc2)c2nccnc21.CN1c2cncnc2N2c3ccccc3CC12.CN1c2ncncc2N2c3ccccc3CC12.[Ir].[Ir].[c-]1ccccc1N1[CH-]N(c2ccccc2)c2nccnc21. The minimum atomic E-state index is 0. The van der Waals surface area contributed by atoms with Crippen LogP contribution in [0, 0.1) is 50.9 Å². The first-order chi connectivity index (χ1) is 56.0. The number of hydrogen-bond acceptors (Lipinski definition) is 24. The Bertz CT molecular complexity index is 5280. The van der Waals surface area contributed by atoms with Crippen molar-refractivity contribution in [2.24, 2.45) is 0 Å². The van der Waals surface area contributed by atoms with Crippen LogP contribution in [-0.2, 0) is 59.5 Å². The number of rotatable bonds is 6. The summed E-state index contributed by atoms with van der Waals surface area (Å²) < 4.78 is 0. The minimum absolute atomic E-state index is 0. The Labute approximate surface area is 705 Å². The number of aromatic nitrogens is 10. The zero-order valence-corrected chi connectivity index (χ0v) is 69.6. The summed E-state index contributed by atoms with van der Waals surface area (Å²) in [5.41, 5.74) is 16.5. The van der Waals surface area contributed by atoms with Crippen LogP contribution in [0.15, 0.2) is 287 Å². The summed E-state index contributed by atoms with van der Waals surface area (Å²) in [6, 6.07) is 80.4. The Morgan fingerprint density at radius 1 is 0.336 bits per heavy atom. The van der Waals surface area contributed by atoms with E-state index in [0.29, 0.717) is 24.5 Å². The van der Waals surface area contributed by atoms with Gasteiger partial charge in [0.15, 0.2) is 17.5 Å².